The summed E-state index contributed by atoms with van der Waals surface area (Å²) in [5.41, 5.74) is 5.58. The van der Waals surface area contributed by atoms with Crippen molar-refractivity contribution in [1.29, 1.82) is 0 Å². The first kappa shape index (κ1) is 13.6. The van der Waals surface area contributed by atoms with Crippen molar-refractivity contribution >= 4 is 34.1 Å². The van der Waals surface area contributed by atoms with Gasteiger partial charge in [-0.25, -0.2) is 0 Å². The van der Waals surface area contributed by atoms with Crippen LogP contribution in [0, 0.1) is 0 Å². The molecule has 0 aliphatic carbocycles. The van der Waals surface area contributed by atoms with Crippen molar-refractivity contribution < 1.29 is 4.74 Å². The molecule has 6 heteroatoms. The number of thioether (sulfide) groups is 1. The number of nitrogens with two attached hydrogens (primary N) is 1. The number of nitrogens with zero attached hydrogens (tertiary/aromatic N) is 1. The molecule has 1 heterocycles. The zero-order chi connectivity index (χ0) is 12.2. The molecule has 92 valence electrons. The van der Waals surface area contributed by atoms with E-state index >= 15 is 0 Å². The Morgan fingerprint density at radius 3 is 2.81 bits per heavy atom. The van der Waals surface area contributed by atoms with Crippen molar-refractivity contribution in [1.82, 2.24) is 4.37 Å². The molecule has 0 atom stereocenters. The molecule has 0 fully saturated rings. The van der Waals surface area contributed by atoms with E-state index in [0.717, 1.165) is 23.0 Å². The van der Waals surface area contributed by atoms with Gasteiger partial charge in [0.25, 0.3) is 0 Å². The molecule has 1 aromatic rings. The summed E-state index contributed by atoms with van der Waals surface area (Å²) in [4.78, 5) is 1.03. The van der Waals surface area contributed by atoms with Gasteiger partial charge in [-0.3, -0.25) is 0 Å². The normalized spacial score (nSPS) is 11.8. The number of hydrogen-bond donors (Lipinski definition) is 2. The second-order valence-corrected chi connectivity index (χ2v) is 5.57. The van der Waals surface area contributed by atoms with Gasteiger partial charge in [0.1, 0.15) is 5.00 Å². The van der Waals surface area contributed by atoms with Gasteiger partial charge in [0.05, 0.1) is 10.5 Å². The van der Waals surface area contributed by atoms with Gasteiger partial charge in [-0.15, -0.1) is 11.8 Å². The van der Waals surface area contributed by atoms with Gasteiger partial charge in [0.15, 0.2) is 5.82 Å². The van der Waals surface area contributed by atoms with Crippen LogP contribution < -0.4 is 11.1 Å². The molecular formula is C10H19N3OS2. The SMILES string of the molecule is CCOC(C)(C)CNc1snc(N)c1SC. The average molecular weight is 261 g/mol. The van der Waals surface area contributed by atoms with Crippen LogP contribution in [0.1, 0.15) is 20.8 Å². The van der Waals surface area contributed by atoms with Crippen LogP contribution in [0.25, 0.3) is 0 Å². The molecule has 0 aliphatic heterocycles. The molecule has 3 N–H and O–H groups in total. The summed E-state index contributed by atoms with van der Waals surface area (Å²) in [6.07, 6.45) is 2.00. The summed E-state index contributed by atoms with van der Waals surface area (Å²) in [5.74, 6) is 0.606. The minimum absolute atomic E-state index is 0.177. The lowest BCUT2D eigenvalue weighted by atomic mass is 10.1. The maximum Gasteiger partial charge on any atom is 0.153 e. The van der Waals surface area contributed by atoms with Crippen molar-refractivity contribution in [2.75, 3.05) is 30.5 Å². The molecule has 0 spiro atoms. The van der Waals surface area contributed by atoms with Crippen LogP contribution in [-0.2, 0) is 4.74 Å². The molecule has 0 unspecified atom stereocenters. The van der Waals surface area contributed by atoms with Crippen LogP contribution in [-0.4, -0.2) is 29.4 Å². The van der Waals surface area contributed by atoms with Gasteiger partial charge >= 0.3 is 0 Å². The molecular weight excluding hydrogens is 242 g/mol. The first-order valence-corrected chi connectivity index (χ1v) is 7.17. The number of rotatable bonds is 6. The molecule has 1 aromatic heterocycles. The summed E-state index contributed by atoms with van der Waals surface area (Å²) in [6, 6.07) is 0. The zero-order valence-corrected chi connectivity index (χ0v) is 11.8. The Balaban J connectivity index is 2.60. The third-order valence-corrected chi connectivity index (χ3v) is 3.86. The lowest BCUT2D eigenvalue weighted by Crippen LogP contribution is -2.33. The van der Waals surface area contributed by atoms with E-state index < -0.39 is 0 Å². The third kappa shape index (κ3) is 3.54. The van der Waals surface area contributed by atoms with Crippen LogP contribution in [0.5, 0.6) is 0 Å². The Morgan fingerprint density at radius 1 is 1.56 bits per heavy atom. The van der Waals surface area contributed by atoms with Crippen LogP contribution in [0.2, 0.25) is 0 Å². The highest BCUT2D eigenvalue weighted by atomic mass is 32.2. The van der Waals surface area contributed by atoms with Crippen LogP contribution in [0.4, 0.5) is 10.8 Å². The summed E-state index contributed by atoms with van der Waals surface area (Å²) in [6.45, 7) is 7.59. The average Bonchev–Trinajstić information content (AvgIpc) is 2.56. The van der Waals surface area contributed by atoms with Crippen molar-refractivity contribution in [3.8, 4) is 0 Å². The van der Waals surface area contributed by atoms with E-state index in [9.17, 15) is 0 Å². The lowest BCUT2D eigenvalue weighted by Gasteiger charge is -2.25. The molecule has 1 rings (SSSR count). The van der Waals surface area contributed by atoms with Gasteiger partial charge in [0, 0.05) is 13.2 Å². The fourth-order valence-electron chi connectivity index (χ4n) is 1.34. The Hall–Kier alpha value is -0.460. The van der Waals surface area contributed by atoms with Gasteiger partial charge in [-0.05, 0) is 38.6 Å². The van der Waals surface area contributed by atoms with Crippen LogP contribution in [0.3, 0.4) is 0 Å². The predicted molar refractivity (Wildman–Crippen MR) is 72.5 cm³/mol. The maximum absolute atomic E-state index is 5.76. The van der Waals surface area contributed by atoms with Crippen LogP contribution in [0.15, 0.2) is 4.90 Å². The van der Waals surface area contributed by atoms with E-state index in [1.165, 1.54) is 11.5 Å². The Bertz CT molecular complexity index is 339. The number of ether oxygens (including phenoxy) is 1. The van der Waals surface area contributed by atoms with E-state index in [0.29, 0.717) is 5.82 Å². The third-order valence-electron chi connectivity index (χ3n) is 2.09. The molecule has 16 heavy (non-hydrogen) atoms. The molecule has 0 amide bonds. The highest BCUT2D eigenvalue weighted by Crippen LogP contribution is 2.34. The number of hydrogen-bond acceptors (Lipinski definition) is 6. The Labute approximate surface area is 105 Å². The Kier molecular flexibility index (Phi) is 4.89. The van der Waals surface area contributed by atoms with Crippen molar-refractivity contribution in [3.63, 3.8) is 0 Å². The van der Waals surface area contributed by atoms with E-state index in [1.807, 2.05) is 13.2 Å². The Morgan fingerprint density at radius 2 is 2.25 bits per heavy atom. The molecule has 0 radical (unpaired) electrons. The van der Waals surface area contributed by atoms with Crippen molar-refractivity contribution in [2.24, 2.45) is 0 Å². The largest absolute Gasteiger partial charge is 0.382 e. The van der Waals surface area contributed by atoms with Crippen molar-refractivity contribution in [2.45, 2.75) is 31.3 Å². The lowest BCUT2D eigenvalue weighted by molar-refractivity contribution is 0.000717. The highest BCUT2D eigenvalue weighted by Gasteiger charge is 2.19. The number of nitrogen functional groups attached to an aromatic ring is 1. The first-order valence-electron chi connectivity index (χ1n) is 5.17. The van der Waals surface area contributed by atoms with E-state index in [4.69, 9.17) is 10.5 Å². The van der Waals surface area contributed by atoms with E-state index in [1.54, 1.807) is 11.8 Å². The van der Waals surface area contributed by atoms with Gasteiger partial charge in [-0.1, -0.05) is 0 Å². The molecule has 4 nitrogen and oxygen atoms in total. The molecule has 0 aromatic carbocycles. The smallest absolute Gasteiger partial charge is 0.153 e. The number of nitrogens with one attached hydrogen (secondary N) is 1. The molecule has 0 saturated heterocycles. The maximum atomic E-state index is 5.76. The standard InChI is InChI=1S/C10H19N3OS2/c1-5-14-10(2,3)6-12-9-7(15-4)8(11)13-16-9/h12H,5-6H2,1-4H3,(H2,11,13). The molecule has 0 aliphatic rings. The summed E-state index contributed by atoms with van der Waals surface area (Å²) in [7, 11) is 0. The van der Waals surface area contributed by atoms with Crippen molar-refractivity contribution in [3.05, 3.63) is 0 Å². The summed E-state index contributed by atoms with van der Waals surface area (Å²) < 4.78 is 9.74. The second kappa shape index (κ2) is 5.75. The fraction of sp³-hybridized carbons (Fsp3) is 0.700. The molecule has 0 saturated carbocycles. The predicted octanol–water partition coefficient (Wildman–Crippen LogP) is 2.67. The fourth-order valence-corrected chi connectivity index (χ4v) is 2.88. The molecule has 0 bridgehead atoms. The zero-order valence-electron chi connectivity index (χ0n) is 10.2. The topological polar surface area (TPSA) is 60.2 Å². The monoisotopic (exact) mass is 261 g/mol. The van der Waals surface area contributed by atoms with Gasteiger partial charge < -0.3 is 15.8 Å². The quantitative estimate of drug-likeness (QED) is 0.771. The summed E-state index contributed by atoms with van der Waals surface area (Å²) in [5, 5.41) is 4.37. The van der Waals surface area contributed by atoms with E-state index in [2.05, 4.69) is 23.5 Å². The van der Waals surface area contributed by atoms with Gasteiger partial charge in [-0.2, -0.15) is 4.37 Å². The first-order chi connectivity index (χ1) is 7.50. The van der Waals surface area contributed by atoms with E-state index in [-0.39, 0.29) is 5.60 Å². The number of aromatic nitrogens is 1. The van der Waals surface area contributed by atoms with Gasteiger partial charge in [0.2, 0.25) is 0 Å². The minimum atomic E-state index is -0.177. The highest BCUT2D eigenvalue weighted by molar-refractivity contribution is 7.99. The van der Waals surface area contributed by atoms with Crippen LogP contribution >= 0.6 is 23.3 Å². The number of anilines is 2. The summed E-state index contributed by atoms with van der Waals surface area (Å²) >= 11 is 3.01. The second-order valence-electron chi connectivity index (χ2n) is 3.98. The minimum Gasteiger partial charge on any atom is -0.382 e.